The van der Waals surface area contributed by atoms with Gasteiger partial charge in [0.05, 0.1) is 5.92 Å². The predicted molar refractivity (Wildman–Crippen MR) is 74.7 cm³/mol. The van der Waals surface area contributed by atoms with Crippen molar-refractivity contribution in [1.82, 2.24) is 4.98 Å². The number of aryl methyl sites for hydroxylation is 1. The Morgan fingerprint density at radius 2 is 2.33 bits per heavy atom. The minimum absolute atomic E-state index is 0.168. The number of carbonyl (C=O) groups excluding carboxylic acids is 1. The summed E-state index contributed by atoms with van der Waals surface area (Å²) in [6.45, 7) is 0. The van der Waals surface area contributed by atoms with Crippen molar-refractivity contribution in [3.63, 3.8) is 0 Å². The molecule has 1 atom stereocenters. The second-order valence-corrected chi connectivity index (χ2v) is 5.08. The summed E-state index contributed by atoms with van der Waals surface area (Å²) in [5, 5.41) is 0. The van der Waals surface area contributed by atoms with Crippen molar-refractivity contribution in [3.05, 3.63) is 29.1 Å². The zero-order valence-electron chi connectivity index (χ0n) is 10.4. The molecule has 3 nitrogen and oxygen atoms in total. The lowest BCUT2D eigenvalue weighted by Gasteiger charge is -2.17. The van der Waals surface area contributed by atoms with Gasteiger partial charge in [-0.2, -0.15) is 0 Å². The molecule has 0 aromatic carbocycles. The number of nitrogens with two attached hydrogens (primary N) is 1. The van der Waals surface area contributed by atoms with E-state index in [1.807, 2.05) is 12.2 Å². The maximum absolute atomic E-state index is 11.6. The van der Waals surface area contributed by atoms with Crippen molar-refractivity contribution in [2.24, 2.45) is 5.73 Å². The van der Waals surface area contributed by atoms with Crippen LogP contribution in [-0.2, 0) is 11.2 Å². The van der Waals surface area contributed by atoms with Gasteiger partial charge in [-0.1, -0.05) is 18.9 Å². The van der Waals surface area contributed by atoms with Gasteiger partial charge < -0.3 is 10.7 Å². The number of hydrogen-bond acceptors (Lipinski definition) is 1. The van der Waals surface area contributed by atoms with Crippen LogP contribution < -0.4 is 5.73 Å². The lowest BCUT2D eigenvalue weighted by atomic mass is 9.90. The highest BCUT2D eigenvalue weighted by Gasteiger charge is 2.24. The average molecular weight is 267 g/mol. The number of H-pyrrole nitrogens is 1. The van der Waals surface area contributed by atoms with E-state index in [1.165, 1.54) is 18.4 Å². The number of halogens is 1. The third kappa shape index (κ3) is 2.96. The van der Waals surface area contributed by atoms with E-state index in [2.05, 4.69) is 11.1 Å². The van der Waals surface area contributed by atoms with Gasteiger partial charge in [0.25, 0.3) is 0 Å². The van der Waals surface area contributed by atoms with Gasteiger partial charge in [0.15, 0.2) is 0 Å². The van der Waals surface area contributed by atoms with Crippen LogP contribution in [0.15, 0.2) is 12.1 Å². The first-order valence-corrected chi connectivity index (χ1v) is 6.99. The van der Waals surface area contributed by atoms with Crippen LogP contribution in [0.2, 0.25) is 0 Å². The van der Waals surface area contributed by atoms with Gasteiger partial charge in [-0.15, -0.1) is 11.6 Å². The molecule has 0 spiro atoms. The highest BCUT2D eigenvalue weighted by molar-refractivity contribution is 6.19. The smallest absolute Gasteiger partial charge is 0.226 e. The molecule has 0 radical (unpaired) electrons. The molecule has 0 aliphatic heterocycles. The predicted octanol–water partition coefficient (Wildman–Crippen LogP) is 2.95. The molecule has 1 unspecified atom stereocenters. The summed E-state index contributed by atoms with van der Waals surface area (Å²) in [5.41, 5.74) is 8.76. The zero-order chi connectivity index (χ0) is 13.0. The molecule has 4 heteroatoms. The van der Waals surface area contributed by atoms with Crippen LogP contribution in [0.3, 0.4) is 0 Å². The van der Waals surface area contributed by atoms with Gasteiger partial charge >= 0.3 is 0 Å². The zero-order valence-corrected chi connectivity index (χ0v) is 11.2. The maximum atomic E-state index is 11.6. The number of rotatable bonds is 3. The van der Waals surface area contributed by atoms with Crippen molar-refractivity contribution in [2.75, 3.05) is 5.88 Å². The van der Waals surface area contributed by atoms with E-state index in [4.69, 9.17) is 17.3 Å². The number of aromatic amines is 1. The lowest BCUT2D eigenvalue weighted by molar-refractivity contribution is -0.119. The number of nitrogens with one attached hydrogen (secondary N) is 1. The summed E-state index contributed by atoms with van der Waals surface area (Å²) >= 11 is 5.63. The maximum Gasteiger partial charge on any atom is 0.226 e. The second kappa shape index (κ2) is 6.10. The van der Waals surface area contributed by atoms with Crippen molar-refractivity contribution >= 4 is 23.6 Å². The van der Waals surface area contributed by atoms with E-state index in [0.29, 0.717) is 5.88 Å². The Kier molecular flexibility index (Phi) is 4.48. The lowest BCUT2D eigenvalue weighted by Crippen LogP contribution is -2.23. The molecular weight excluding hydrogens is 248 g/mol. The summed E-state index contributed by atoms with van der Waals surface area (Å²) in [6.07, 6.45) is 9.12. The molecule has 1 aromatic rings. The van der Waals surface area contributed by atoms with E-state index < -0.39 is 0 Å². The van der Waals surface area contributed by atoms with Crippen molar-refractivity contribution in [1.29, 1.82) is 0 Å². The summed E-state index contributed by atoms with van der Waals surface area (Å²) in [6, 6.07) is 2.11. The number of aromatic nitrogens is 1. The Hall–Kier alpha value is -1.22. The third-order valence-electron chi connectivity index (χ3n) is 3.47. The average Bonchev–Trinajstić information content (AvgIpc) is 2.69. The number of amides is 1. The number of primary amides is 1. The van der Waals surface area contributed by atoms with Gasteiger partial charge in [-0.3, -0.25) is 4.79 Å². The van der Waals surface area contributed by atoms with Gasteiger partial charge in [-0.05, 0) is 37.0 Å². The number of carbonyl (C=O) groups is 1. The molecule has 0 saturated heterocycles. The van der Waals surface area contributed by atoms with Crippen LogP contribution in [-0.4, -0.2) is 16.8 Å². The van der Waals surface area contributed by atoms with Crippen molar-refractivity contribution < 1.29 is 4.79 Å². The summed E-state index contributed by atoms with van der Waals surface area (Å²) in [5.74, 6) is 0.0921. The number of alkyl halides is 1. The third-order valence-corrected chi connectivity index (χ3v) is 3.65. The first kappa shape index (κ1) is 13.2. The Morgan fingerprint density at radius 1 is 1.50 bits per heavy atom. The molecule has 1 aliphatic carbocycles. The fourth-order valence-electron chi connectivity index (χ4n) is 2.59. The molecule has 2 rings (SSSR count). The van der Waals surface area contributed by atoms with Crippen LogP contribution in [0, 0.1) is 0 Å². The van der Waals surface area contributed by atoms with E-state index >= 15 is 0 Å². The van der Waals surface area contributed by atoms with Gasteiger partial charge in [0.2, 0.25) is 5.91 Å². The molecule has 0 fully saturated rings. The first-order chi connectivity index (χ1) is 8.72. The van der Waals surface area contributed by atoms with Crippen LogP contribution in [0.1, 0.15) is 48.6 Å². The number of hydrogen-bond donors (Lipinski definition) is 2. The Bertz CT molecular complexity index is 451. The minimum atomic E-state index is -0.229. The molecular formula is C14H19ClN2O. The fourth-order valence-corrected chi connectivity index (χ4v) is 2.67. The fraction of sp³-hybridized carbons (Fsp3) is 0.500. The SMILES string of the molecule is NC(=O)C1CCCCCc2cc(/C=C\CCl)[nH]c21. The number of fused-ring (bicyclic) bond motifs is 1. The molecule has 3 N–H and O–H groups in total. The van der Waals surface area contributed by atoms with E-state index in [1.54, 1.807) is 0 Å². The molecule has 98 valence electrons. The standard InChI is InChI=1S/C14H19ClN2O/c15-8-4-6-11-9-10-5-2-1-3-7-12(14(16)18)13(10)17-11/h4,6,9,12,17H,1-3,5,7-8H2,(H2,16,18)/b6-4-. The normalized spacial score (nSPS) is 20.4. The van der Waals surface area contributed by atoms with Crippen LogP contribution in [0.25, 0.3) is 6.08 Å². The minimum Gasteiger partial charge on any atom is -0.369 e. The molecule has 1 aromatic heterocycles. The van der Waals surface area contributed by atoms with E-state index in [-0.39, 0.29) is 11.8 Å². The molecule has 0 bridgehead atoms. The summed E-state index contributed by atoms with van der Waals surface area (Å²) in [4.78, 5) is 14.9. The molecule has 1 amide bonds. The highest BCUT2D eigenvalue weighted by Crippen LogP contribution is 2.30. The monoisotopic (exact) mass is 266 g/mol. The molecule has 1 heterocycles. The Morgan fingerprint density at radius 3 is 3.06 bits per heavy atom. The summed E-state index contributed by atoms with van der Waals surface area (Å²) < 4.78 is 0. The quantitative estimate of drug-likeness (QED) is 0.812. The Balaban J connectivity index is 2.33. The molecule has 0 saturated carbocycles. The van der Waals surface area contributed by atoms with Gasteiger partial charge in [0.1, 0.15) is 0 Å². The largest absolute Gasteiger partial charge is 0.369 e. The summed E-state index contributed by atoms with van der Waals surface area (Å²) in [7, 11) is 0. The number of allylic oxidation sites excluding steroid dienone is 1. The van der Waals surface area contributed by atoms with Gasteiger partial charge in [-0.25, -0.2) is 0 Å². The topological polar surface area (TPSA) is 58.9 Å². The van der Waals surface area contributed by atoms with Crippen molar-refractivity contribution in [2.45, 2.75) is 38.0 Å². The Labute approximate surface area is 112 Å². The van der Waals surface area contributed by atoms with E-state index in [0.717, 1.165) is 30.7 Å². The molecule has 18 heavy (non-hydrogen) atoms. The van der Waals surface area contributed by atoms with Crippen molar-refractivity contribution in [3.8, 4) is 0 Å². The molecule has 1 aliphatic rings. The van der Waals surface area contributed by atoms with Gasteiger partial charge in [0, 0.05) is 17.3 Å². The van der Waals surface area contributed by atoms with Crippen LogP contribution in [0.4, 0.5) is 0 Å². The van der Waals surface area contributed by atoms with Crippen LogP contribution in [0.5, 0.6) is 0 Å². The van der Waals surface area contributed by atoms with Crippen LogP contribution >= 0.6 is 11.6 Å². The highest BCUT2D eigenvalue weighted by atomic mass is 35.5. The van der Waals surface area contributed by atoms with E-state index in [9.17, 15) is 4.79 Å². The first-order valence-electron chi connectivity index (χ1n) is 6.46. The second-order valence-electron chi connectivity index (χ2n) is 4.77.